The maximum Gasteiger partial charge on any atom is 0.326 e. The minimum atomic E-state index is -3.86. The first-order valence-corrected chi connectivity index (χ1v) is 20.9. The average Bonchev–Trinajstić information content (AvgIpc) is 3.78. The van der Waals surface area contributed by atoms with Crippen LogP contribution in [0.4, 0.5) is 4.79 Å². The molecule has 2 saturated heterocycles. The van der Waals surface area contributed by atoms with Crippen molar-refractivity contribution in [3.63, 3.8) is 0 Å². The molecule has 3 aromatic rings. The van der Waals surface area contributed by atoms with Crippen molar-refractivity contribution in [2.24, 2.45) is 4.99 Å². The van der Waals surface area contributed by atoms with E-state index in [0.717, 1.165) is 24.7 Å². The van der Waals surface area contributed by atoms with E-state index in [2.05, 4.69) is 0 Å². The molecule has 6 rings (SSSR count). The van der Waals surface area contributed by atoms with E-state index in [1.54, 1.807) is 49.4 Å². The van der Waals surface area contributed by atoms with E-state index in [4.69, 9.17) is 32.9 Å². The van der Waals surface area contributed by atoms with Gasteiger partial charge in [0, 0.05) is 49.0 Å². The molecule has 3 aliphatic rings. The van der Waals surface area contributed by atoms with Crippen LogP contribution >= 0.6 is 23.2 Å². The van der Waals surface area contributed by atoms with Gasteiger partial charge in [-0.05, 0) is 73.4 Å². The Labute approximate surface area is 308 Å². The van der Waals surface area contributed by atoms with Gasteiger partial charge in [-0.1, -0.05) is 47.5 Å². The number of sulfonamides is 1. The molecule has 16 heteroatoms. The highest BCUT2D eigenvalue weighted by Crippen LogP contribution is 2.46. The quantitative estimate of drug-likeness (QED) is 0.282. The lowest BCUT2D eigenvalue weighted by Gasteiger charge is -2.38. The summed E-state index contributed by atoms with van der Waals surface area (Å²) in [6.07, 6.45) is 2.65. The van der Waals surface area contributed by atoms with Crippen molar-refractivity contribution in [1.29, 1.82) is 0 Å². The molecule has 0 aromatic heterocycles. The Hall–Kier alpha value is -3.69. The summed E-state index contributed by atoms with van der Waals surface area (Å²) < 4.78 is 58.7. The molecule has 0 bridgehead atoms. The molecule has 0 saturated carbocycles. The first-order chi connectivity index (χ1) is 24.3. The maximum absolute atomic E-state index is 14.9. The number of benzene rings is 3. The first-order valence-electron chi connectivity index (χ1n) is 16.7. The summed E-state index contributed by atoms with van der Waals surface area (Å²) in [5.74, 6) is -0.0631. The fourth-order valence-electron chi connectivity index (χ4n) is 6.59. The number of carbonyl (C=O) groups excluding carboxylic acids is 2. The smallest absolute Gasteiger partial charge is 0.326 e. The van der Waals surface area contributed by atoms with Crippen LogP contribution in [0, 0.1) is 0 Å². The van der Waals surface area contributed by atoms with E-state index in [-0.39, 0.29) is 55.2 Å². The SMILES string of the molecule is CCOc1ccc(S(=O)(=O)N2CCCC2)cc1C1=NC(c2ccc(Cl)cc2)C(c2ccc(Cl)cc2)N1C(=O)N1CCN(CCS(C)(=O)=O)C(=O)C1. The molecule has 0 spiro atoms. The predicted octanol–water partition coefficient (Wildman–Crippen LogP) is 5.03. The van der Waals surface area contributed by atoms with Crippen molar-refractivity contribution >= 4 is 60.8 Å². The molecule has 51 heavy (non-hydrogen) atoms. The number of aliphatic imine (C=N–C) groups is 1. The van der Waals surface area contributed by atoms with Crippen LogP contribution in [0.25, 0.3) is 0 Å². The molecule has 3 heterocycles. The second kappa shape index (κ2) is 15.1. The van der Waals surface area contributed by atoms with Gasteiger partial charge < -0.3 is 14.5 Å². The molecule has 272 valence electrons. The molecule has 0 radical (unpaired) electrons. The van der Waals surface area contributed by atoms with Gasteiger partial charge in [0.05, 0.1) is 28.9 Å². The lowest BCUT2D eigenvalue weighted by atomic mass is 9.93. The van der Waals surface area contributed by atoms with Crippen LogP contribution in [-0.4, -0.2) is 111 Å². The van der Waals surface area contributed by atoms with Gasteiger partial charge in [-0.25, -0.2) is 21.6 Å². The van der Waals surface area contributed by atoms with Gasteiger partial charge in [0.2, 0.25) is 15.9 Å². The number of amidine groups is 1. The number of hydrogen-bond donors (Lipinski definition) is 0. The molecule has 12 nitrogen and oxygen atoms in total. The second-order valence-corrected chi connectivity index (χ2v) is 17.8. The molecular formula is C35H39Cl2N5O7S2. The van der Waals surface area contributed by atoms with Gasteiger partial charge in [0.15, 0.2) is 0 Å². The van der Waals surface area contributed by atoms with E-state index < -0.39 is 38.0 Å². The highest BCUT2D eigenvalue weighted by molar-refractivity contribution is 7.90. The van der Waals surface area contributed by atoms with E-state index in [9.17, 15) is 26.4 Å². The number of hydrogen-bond acceptors (Lipinski definition) is 8. The fourth-order valence-corrected chi connectivity index (χ4v) is 8.94. The topological polar surface area (TPSA) is 137 Å². The van der Waals surface area contributed by atoms with Crippen LogP contribution in [0.5, 0.6) is 5.75 Å². The minimum Gasteiger partial charge on any atom is -0.493 e. The average molecular weight is 777 g/mol. The zero-order valence-electron chi connectivity index (χ0n) is 28.2. The molecule has 2 unspecified atom stereocenters. The number of nitrogens with zero attached hydrogens (tertiary/aromatic N) is 5. The Morgan fingerprint density at radius 2 is 1.51 bits per heavy atom. The van der Waals surface area contributed by atoms with Crippen LogP contribution in [-0.2, 0) is 24.7 Å². The van der Waals surface area contributed by atoms with E-state index >= 15 is 0 Å². The molecule has 2 fully saturated rings. The van der Waals surface area contributed by atoms with Crippen LogP contribution in [0.15, 0.2) is 76.6 Å². The lowest BCUT2D eigenvalue weighted by Crippen LogP contribution is -2.57. The van der Waals surface area contributed by atoms with Crippen molar-refractivity contribution < 1.29 is 31.2 Å². The highest BCUT2D eigenvalue weighted by atomic mass is 35.5. The second-order valence-electron chi connectivity index (χ2n) is 12.7. The molecular weight excluding hydrogens is 737 g/mol. The number of sulfone groups is 1. The number of halogens is 2. The number of amides is 3. The van der Waals surface area contributed by atoms with Crippen molar-refractivity contribution in [1.82, 2.24) is 19.0 Å². The third-order valence-corrected chi connectivity index (χ3v) is 12.5. The Kier molecular flexibility index (Phi) is 11.0. The van der Waals surface area contributed by atoms with Crippen LogP contribution < -0.4 is 4.74 Å². The Morgan fingerprint density at radius 1 is 0.882 bits per heavy atom. The largest absolute Gasteiger partial charge is 0.493 e. The lowest BCUT2D eigenvalue weighted by molar-refractivity contribution is -0.134. The molecule has 0 N–H and O–H groups in total. The van der Waals surface area contributed by atoms with Crippen LogP contribution in [0.2, 0.25) is 10.0 Å². The molecule has 3 aromatic carbocycles. The number of ether oxygens (including phenoxy) is 1. The van der Waals surface area contributed by atoms with Gasteiger partial charge >= 0.3 is 6.03 Å². The van der Waals surface area contributed by atoms with Gasteiger partial charge in [-0.2, -0.15) is 4.31 Å². The van der Waals surface area contributed by atoms with Crippen molar-refractivity contribution in [3.05, 3.63) is 93.5 Å². The van der Waals surface area contributed by atoms with E-state index in [0.29, 0.717) is 40.0 Å². The van der Waals surface area contributed by atoms with Gasteiger partial charge in [0.1, 0.15) is 34.0 Å². The minimum absolute atomic E-state index is 0.0260. The number of piperazine rings is 1. The predicted molar refractivity (Wildman–Crippen MR) is 196 cm³/mol. The summed E-state index contributed by atoms with van der Waals surface area (Å²) >= 11 is 12.6. The number of carbonyl (C=O) groups is 2. The van der Waals surface area contributed by atoms with E-state index in [1.165, 1.54) is 31.1 Å². The highest BCUT2D eigenvalue weighted by Gasteiger charge is 2.46. The third-order valence-electron chi connectivity index (χ3n) is 9.21. The van der Waals surface area contributed by atoms with E-state index in [1.807, 2.05) is 12.1 Å². The molecule has 0 aliphatic carbocycles. The maximum atomic E-state index is 14.9. The van der Waals surface area contributed by atoms with Gasteiger partial charge in [-0.3, -0.25) is 14.7 Å². The molecule has 3 amide bonds. The fraction of sp³-hybridized carbons (Fsp3) is 0.400. The summed E-state index contributed by atoms with van der Waals surface area (Å²) in [6, 6.07) is 16.8. The summed E-state index contributed by atoms with van der Waals surface area (Å²) in [5, 5.41) is 1.01. The zero-order chi connectivity index (χ0) is 36.5. The Morgan fingerprint density at radius 3 is 2.10 bits per heavy atom. The van der Waals surface area contributed by atoms with Gasteiger partial charge in [-0.15, -0.1) is 0 Å². The standard InChI is InChI=1S/C35H39Cl2N5O7S2/c1-3-49-30-15-14-28(51(47,48)41-16-4-5-17-41)22-29(30)34-38-32(24-6-10-26(36)11-7-24)33(25-8-12-27(37)13-9-25)42(34)35(44)40-19-18-39(31(43)23-40)20-21-50(2,45)46/h6-15,22,32-33H,3-5,16-21,23H2,1-2H3. The normalized spacial score (nSPS) is 20.2. The third kappa shape index (κ3) is 8.05. The number of urea groups is 1. The monoisotopic (exact) mass is 775 g/mol. The Balaban J connectivity index is 1.48. The van der Waals surface area contributed by atoms with Crippen molar-refractivity contribution in [3.8, 4) is 5.75 Å². The number of rotatable bonds is 10. The zero-order valence-corrected chi connectivity index (χ0v) is 31.4. The summed E-state index contributed by atoms with van der Waals surface area (Å²) in [7, 11) is -7.17. The molecule has 2 atom stereocenters. The van der Waals surface area contributed by atoms with Crippen molar-refractivity contribution in [2.75, 3.05) is 57.9 Å². The van der Waals surface area contributed by atoms with Crippen LogP contribution in [0.3, 0.4) is 0 Å². The molecule has 3 aliphatic heterocycles. The summed E-state index contributed by atoms with van der Waals surface area (Å²) in [5.41, 5.74) is 1.75. The Bertz CT molecular complexity index is 2040. The summed E-state index contributed by atoms with van der Waals surface area (Å²) in [4.78, 5) is 37.7. The van der Waals surface area contributed by atoms with Crippen LogP contribution in [0.1, 0.15) is 48.5 Å². The summed E-state index contributed by atoms with van der Waals surface area (Å²) in [6.45, 7) is 2.91. The van der Waals surface area contributed by atoms with Crippen molar-refractivity contribution in [2.45, 2.75) is 36.7 Å². The first kappa shape index (κ1) is 37.1. The van der Waals surface area contributed by atoms with Gasteiger partial charge in [0.25, 0.3) is 0 Å².